The first kappa shape index (κ1) is 18.4. The van der Waals surface area contributed by atoms with Crippen molar-refractivity contribution in [1.82, 2.24) is 0 Å². The Kier molecular flexibility index (Phi) is 4.02. The molecule has 1 heteroatoms. The van der Waals surface area contributed by atoms with Crippen LogP contribution in [0, 0.1) is 13.8 Å². The van der Waals surface area contributed by atoms with Crippen LogP contribution in [-0.2, 0) is 0 Å². The molecular weight excluding hydrogens is 388 g/mol. The number of hydrogen-bond donors (Lipinski definition) is 0. The molecule has 5 aromatic rings. The van der Waals surface area contributed by atoms with Crippen molar-refractivity contribution in [2.24, 2.45) is 0 Å². The van der Waals surface area contributed by atoms with Crippen LogP contribution in [0.25, 0.3) is 21.9 Å². The van der Waals surface area contributed by atoms with E-state index in [9.17, 15) is 0 Å². The van der Waals surface area contributed by atoms with E-state index >= 15 is 0 Å². The molecule has 0 amide bonds. The Hall–Kier alpha value is -3.42. The topological polar surface area (TPSA) is 0 Å². The first-order valence-corrected chi connectivity index (χ1v) is 13.0. The maximum atomic E-state index is 2.46. The maximum Gasteiger partial charge on any atom is 0.180 e. The summed E-state index contributed by atoms with van der Waals surface area (Å²) < 4.78 is 0. The van der Waals surface area contributed by atoms with Gasteiger partial charge in [0.1, 0.15) is 0 Å². The van der Waals surface area contributed by atoms with E-state index in [4.69, 9.17) is 0 Å². The Balaban J connectivity index is 1.92. The minimum absolute atomic E-state index is 1.32. The first-order valence-electron chi connectivity index (χ1n) is 11.0. The minimum atomic E-state index is -2.46. The van der Waals surface area contributed by atoms with E-state index in [-0.39, 0.29) is 0 Å². The number of benzene rings is 5. The van der Waals surface area contributed by atoms with Crippen molar-refractivity contribution in [3.63, 3.8) is 0 Å². The SMILES string of the molecule is Cc1ccc2c(c1)[Si](c1ccccc1)(c1ccccc1)c1cccc3c(C)ccc-2c13. The highest BCUT2D eigenvalue weighted by Gasteiger charge is 2.46. The lowest BCUT2D eigenvalue weighted by Crippen LogP contribution is -2.76. The van der Waals surface area contributed by atoms with Gasteiger partial charge < -0.3 is 0 Å². The van der Waals surface area contributed by atoms with Crippen molar-refractivity contribution in [3.8, 4) is 11.1 Å². The molecule has 0 N–H and O–H groups in total. The lowest BCUT2D eigenvalue weighted by atomic mass is 9.94. The van der Waals surface area contributed by atoms with Crippen LogP contribution >= 0.6 is 0 Å². The van der Waals surface area contributed by atoms with Gasteiger partial charge >= 0.3 is 0 Å². The molecule has 0 bridgehead atoms. The van der Waals surface area contributed by atoms with Crippen LogP contribution in [0.4, 0.5) is 0 Å². The second-order valence-corrected chi connectivity index (χ2v) is 12.4. The highest BCUT2D eigenvalue weighted by molar-refractivity contribution is 7.21. The third-order valence-corrected chi connectivity index (χ3v) is 11.8. The van der Waals surface area contributed by atoms with Crippen LogP contribution in [0.15, 0.2) is 109 Å². The largest absolute Gasteiger partial charge is 0.180 e. The molecule has 0 aliphatic carbocycles. The smallest absolute Gasteiger partial charge is 0.0623 e. The third-order valence-electron chi connectivity index (χ3n) is 6.95. The van der Waals surface area contributed by atoms with Gasteiger partial charge in [-0.05, 0) is 62.1 Å². The lowest BCUT2D eigenvalue weighted by molar-refractivity contribution is 1.47. The molecule has 0 saturated heterocycles. The molecular formula is C30H24Si. The number of hydrogen-bond acceptors (Lipinski definition) is 0. The Morgan fingerprint density at radius 2 is 1.16 bits per heavy atom. The zero-order valence-electron chi connectivity index (χ0n) is 17.9. The van der Waals surface area contributed by atoms with Crippen molar-refractivity contribution in [2.45, 2.75) is 13.8 Å². The maximum absolute atomic E-state index is 2.46. The predicted octanol–water partition coefficient (Wildman–Crippen LogP) is 4.81. The highest BCUT2D eigenvalue weighted by atomic mass is 28.3. The highest BCUT2D eigenvalue weighted by Crippen LogP contribution is 2.35. The normalized spacial score (nSPS) is 13.7. The van der Waals surface area contributed by atoms with Gasteiger partial charge in [-0.2, -0.15) is 0 Å². The van der Waals surface area contributed by atoms with Gasteiger partial charge in [-0.15, -0.1) is 0 Å². The van der Waals surface area contributed by atoms with Crippen molar-refractivity contribution in [3.05, 3.63) is 120 Å². The number of rotatable bonds is 2. The average Bonchev–Trinajstić information content (AvgIpc) is 2.82. The van der Waals surface area contributed by atoms with E-state index in [2.05, 4.69) is 123 Å². The summed E-state index contributed by atoms with van der Waals surface area (Å²) in [5.74, 6) is 0. The van der Waals surface area contributed by atoms with Gasteiger partial charge in [-0.25, -0.2) is 0 Å². The second-order valence-electron chi connectivity index (χ2n) is 8.69. The summed E-state index contributed by atoms with van der Waals surface area (Å²) in [5, 5.41) is 8.75. The Morgan fingerprint density at radius 1 is 0.516 bits per heavy atom. The molecule has 0 saturated carbocycles. The molecule has 0 unspecified atom stereocenters. The quantitative estimate of drug-likeness (QED) is 0.358. The van der Waals surface area contributed by atoms with Crippen LogP contribution in [0.1, 0.15) is 11.1 Å². The summed E-state index contributed by atoms with van der Waals surface area (Å²) in [6.45, 7) is 4.46. The standard InChI is InChI=1S/C30H24Si/c1-21-16-18-26-27-19-17-22(2)25-14-9-15-28(30(25)27)31(29(26)20-21,23-10-5-3-6-11-23)24-12-7-4-8-13-24/h3-20H,1-2H3. The van der Waals surface area contributed by atoms with Gasteiger partial charge in [0, 0.05) is 0 Å². The molecule has 1 aliphatic rings. The molecule has 0 spiro atoms. The van der Waals surface area contributed by atoms with E-state index < -0.39 is 8.07 Å². The van der Waals surface area contributed by atoms with Gasteiger partial charge in [0.2, 0.25) is 0 Å². The molecule has 31 heavy (non-hydrogen) atoms. The van der Waals surface area contributed by atoms with Gasteiger partial charge in [-0.3, -0.25) is 0 Å². The van der Waals surface area contributed by atoms with Crippen molar-refractivity contribution in [2.75, 3.05) is 0 Å². The third kappa shape index (κ3) is 2.47. The molecule has 6 rings (SSSR count). The van der Waals surface area contributed by atoms with Crippen LogP contribution in [0.2, 0.25) is 0 Å². The van der Waals surface area contributed by atoms with E-state index in [1.807, 2.05) is 0 Å². The average molecular weight is 413 g/mol. The lowest BCUT2D eigenvalue weighted by Gasteiger charge is -2.40. The molecule has 0 fully saturated rings. The molecule has 0 atom stereocenters. The molecule has 0 aromatic heterocycles. The summed E-state index contributed by atoms with van der Waals surface area (Å²) in [6.07, 6.45) is 0. The number of fused-ring (bicyclic) bond motifs is 2. The monoisotopic (exact) mass is 412 g/mol. The van der Waals surface area contributed by atoms with E-state index in [1.165, 1.54) is 53.8 Å². The predicted molar refractivity (Wildman–Crippen MR) is 136 cm³/mol. The first-order chi connectivity index (χ1) is 15.2. The molecule has 0 nitrogen and oxygen atoms in total. The summed E-state index contributed by atoms with van der Waals surface area (Å²) >= 11 is 0. The van der Waals surface area contributed by atoms with Gasteiger partial charge in [0.05, 0.1) is 0 Å². The summed E-state index contributed by atoms with van der Waals surface area (Å²) in [6, 6.07) is 41.2. The molecule has 1 heterocycles. The molecule has 0 radical (unpaired) electrons. The fraction of sp³-hybridized carbons (Fsp3) is 0.0667. The van der Waals surface area contributed by atoms with Gasteiger partial charge in [0.25, 0.3) is 0 Å². The van der Waals surface area contributed by atoms with Crippen LogP contribution < -0.4 is 20.7 Å². The Bertz CT molecular complexity index is 1390. The summed E-state index contributed by atoms with van der Waals surface area (Å²) in [4.78, 5) is 0. The fourth-order valence-corrected chi connectivity index (χ4v) is 10.9. The van der Waals surface area contributed by atoms with Crippen molar-refractivity contribution in [1.29, 1.82) is 0 Å². The Labute approximate surface area is 184 Å². The molecule has 1 aliphatic heterocycles. The number of aryl methyl sites for hydroxylation is 2. The van der Waals surface area contributed by atoms with E-state index in [1.54, 1.807) is 0 Å². The van der Waals surface area contributed by atoms with Crippen LogP contribution in [0.3, 0.4) is 0 Å². The Morgan fingerprint density at radius 3 is 1.84 bits per heavy atom. The molecule has 148 valence electrons. The van der Waals surface area contributed by atoms with Crippen molar-refractivity contribution >= 4 is 39.6 Å². The zero-order chi connectivity index (χ0) is 21.0. The van der Waals surface area contributed by atoms with Crippen molar-refractivity contribution < 1.29 is 0 Å². The minimum Gasteiger partial charge on any atom is -0.0623 e. The second kappa shape index (κ2) is 6.80. The summed E-state index contributed by atoms with van der Waals surface area (Å²) in [7, 11) is -2.46. The summed E-state index contributed by atoms with van der Waals surface area (Å²) in [5.41, 5.74) is 5.44. The molecule has 5 aromatic carbocycles. The van der Waals surface area contributed by atoms with E-state index in [0.717, 1.165) is 0 Å². The fourth-order valence-electron chi connectivity index (χ4n) is 5.60. The zero-order valence-corrected chi connectivity index (χ0v) is 18.9. The van der Waals surface area contributed by atoms with Crippen LogP contribution in [0.5, 0.6) is 0 Å². The van der Waals surface area contributed by atoms with E-state index in [0.29, 0.717) is 0 Å². The van der Waals surface area contributed by atoms with Gasteiger partial charge in [0.15, 0.2) is 8.07 Å². The van der Waals surface area contributed by atoms with Crippen LogP contribution in [-0.4, -0.2) is 8.07 Å². The van der Waals surface area contributed by atoms with Gasteiger partial charge in [-0.1, -0.05) is 115 Å².